The molecule has 0 aliphatic carbocycles. The molecular weight excluding hydrogens is 209 g/mol. The molecule has 0 amide bonds. The lowest BCUT2D eigenvalue weighted by atomic mass is 10.2. The van der Waals surface area contributed by atoms with Crippen molar-refractivity contribution >= 4 is 0 Å². The number of aromatic nitrogens is 4. The number of benzene rings is 1. The lowest BCUT2D eigenvalue weighted by Crippen LogP contribution is -2.10. The van der Waals surface area contributed by atoms with Gasteiger partial charge in [0.1, 0.15) is 6.33 Å². The maximum atomic E-state index is 12.6. The molecular formula is C8H5F3N4. The summed E-state index contributed by atoms with van der Waals surface area (Å²) in [6.07, 6.45) is -3.30. The Kier molecular flexibility index (Phi) is 2.14. The molecule has 0 unspecified atom stereocenters. The third-order valence-electron chi connectivity index (χ3n) is 1.81. The molecule has 0 fully saturated rings. The molecule has 4 nitrogen and oxygen atoms in total. The molecule has 15 heavy (non-hydrogen) atoms. The molecule has 1 heterocycles. The summed E-state index contributed by atoms with van der Waals surface area (Å²) >= 11 is 0. The van der Waals surface area contributed by atoms with Crippen LogP contribution < -0.4 is 0 Å². The third kappa shape index (κ3) is 1.80. The van der Waals surface area contributed by atoms with Crippen LogP contribution in [-0.2, 0) is 6.18 Å². The predicted molar refractivity (Wildman–Crippen MR) is 44.2 cm³/mol. The Morgan fingerprint density at radius 3 is 2.47 bits per heavy atom. The van der Waals surface area contributed by atoms with E-state index in [1.54, 1.807) is 0 Å². The Labute approximate surface area is 82.3 Å². The van der Waals surface area contributed by atoms with Crippen molar-refractivity contribution in [3.05, 3.63) is 36.2 Å². The van der Waals surface area contributed by atoms with Crippen LogP contribution in [0.1, 0.15) is 5.56 Å². The molecule has 1 aromatic carbocycles. The smallest absolute Gasteiger partial charge is 0.200 e. The van der Waals surface area contributed by atoms with Gasteiger partial charge in [0.25, 0.3) is 0 Å². The van der Waals surface area contributed by atoms with Gasteiger partial charge in [-0.3, -0.25) is 0 Å². The number of alkyl halides is 3. The zero-order chi connectivity index (χ0) is 10.9. The highest BCUT2D eigenvalue weighted by Crippen LogP contribution is 2.32. The maximum Gasteiger partial charge on any atom is 0.418 e. The summed E-state index contributed by atoms with van der Waals surface area (Å²) in [5, 5.41) is 9.99. The van der Waals surface area contributed by atoms with Crippen LogP contribution in [0.15, 0.2) is 30.6 Å². The van der Waals surface area contributed by atoms with Crippen molar-refractivity contribution in [1.82, 2.24) is 20.2 Å². The van der Waals surface area contributed by atoms with E-state index in [0.717, 1.165) is 17.1 Å². The first-order valence-corrected chi connectivity index (χ1v) is 3.98. The van der Waals surface area contributed by atoms with Crippen molar-refractivity contribution in [3.63, 3.8) is 0 Å². The van der Waals surface area contributed by atoms with Crippen LogP contribution in [0.5, 0.6) is 0 Å². The maximum absolute atomic E-state index is 12.6. The lowest BCUT2D eigenvalue weighted by Gasteiger charge is -2.10. The standard InChI is InChI=1S/C8H5F3N4/c9-8(10,11)6-3-1-2-4-7(6)15-5-12-13-14-15/h1-5H. The molecule has 0 bridgehead atoms. The van der Waals surface area contributed by atoms with E-state index in [1.807, 2.05) is 0 Å². The van der Waals surface area contributed by atoms with Gasteiger partial charge in [0.2, 0.25) is 0 Å². The van der Waals surface area contributed by atoms with Crippen molar-refractivity contribution in [2.75, 3.05) is 0 Å². The van der Waals surface area contributed by atoms with E-state index in [-0.39, 0.29) is 5.69 Å². The fraction of sp³-hybridized carbons (Fsp3) is 0.125. The summed E-state index contributed by atoms with van der Waals surface area (Å²) < 4.78 is 38.7. The quantitative estimate of drug-likeness (QED) is 0.725. The Bertz CT molecular complexity index is 449. The molecule has 1 aromatic heterocycles. The van der Waals surface area contributed by atoms with Gasteiger partial charge in [0.15, 0.2) is 0 Å². The first-order valence-electron chi connectivity index (χ1n) is 3.98. The molecule has 0 saturated heterocycles. The summed E-state index contributed by atoms with van der Waals surface area (Å²) in [6, 6.07) is 5.10. The zero-order valence-electron chi connectivity index (χ0n) is 7.31. The van der Waals surface area contributed by atoms with E-state index >= 15 is 0 Å². The summed E-state index contributed by atoms with van der Waals surface area (Å²) in [6.45, 7) is 0. The molecule has 0 saturated carbocycles. The molecule has 78 valence electrons. The summed E-state index contributed by atoms with van der Waals surface area (Å²) in [5.41, 5.74) is -0.854. The number of halogens is 3. The van der Waals surface area contributed by atoms with Crippen molar-refractivity contribution < 1.29 is 13.2 Å². The van der Waals surface area contributed by atoms with Crippen LogP contribution in [0.3, 0.4) is 0 Å². The van der Waals surface area contributed by atoms with Gasteiger partial charge in [0, 0.05) is 0 Å². The van der Waals surface area contributed by atoms with Gasteiger partial charge >= 0.3 is 6.18 Å². The number of nitrogens with zero attached hydrogens (tertiary/aromatic N) is 4. The van der Waals surface area contributed by atoms with E-state index in [0.29, 0.717) is 0 Å². The minimum absolute atomic E-state index is 0.0880. The second kappa shape index (κ2) is 3.34. The monoisotopic (exact) mass is 214 g/mol. The highest BCUT2D eigenvalue weighted by atomic mass is 19.4. The van der Waals surface area contributed by atoms with Gasteiger partial charge in [0.05, 0.1) is 11.3 Å². The SMILES string of the molecule is FC(F)(F)c1ccccc1-n1cnnn1. The first kappa shape index (κ1) is 9.63. The lowest BCUT2D eigenvalue weighted by molar-refractivity contribution is -0.137. The van der Waals surface area contributed by atoms with E-state index in [2.05, 4.69) is 15.5 Å². The predicted octanol–water partition coefficient (Wildman–Crippen LogP) is 1.68. The number of rotatable bonds is 1. The van der Waals surface area contributed by atoms with Crippen LogP contribution in [-0.4, -0.2) is 20.2 Å². The topological polar surface area (TPSA) is 43.6 Å². The van der Waals surface area contributed by atoms with Crippen molar-refractivity contribution in [1.29, 1.82) is 0 Å². The molecule has 0 spiro atoms. The van der Waals surface area contributed by atoms with E-state index in [4.69, 9.17) is 0 Å². The Balaban J connectivity index is 2.58. The Morgan fingerprint density at radius 1 is 1.13 bits per heavy atom. The second-order valence-corrected chi connectivity index (χ2v) is 2.77. The van der Waals surface area contributed by atoms with Crippen LogP contribution in [0, 0.1) is 0 Å². The van der Waals surface area contributed by atoms with E-state index < -0.39 is 11.7 Å². The molecule has 0 atom stereocenters. The van der Waals surface area contributed by atoms with Gasteiger partial charge in [-0.25, -0.2) is 0 Å². The van der Waals surface area contributed by atoms with Crippen LogP contribution in [0.2, 0.25) is 0 Å². The molecule has 0 radical (unpaired) electrons. The van der Waals surface area contributed by atoms with Gasteiger partial charge in [-0.2, -0.15) is 17.9 Å². The van der Waals surface area contributed by atoms with Gasteiger partial charge in [-0.15, -0.1) is 5.10 Å². The van der Waals surface area contributed by atoms with E-state index in [1.165, 1.54) is 18.2 Å². The average Bonchev–Trinajstić information content (AvgIpc) is 2.69. The number of tetrazole rings is 1. The third-order valence-corrected chi connectivity index (χ3v) is 1.81. The summed E-state index contributed by atoms with van der Waals surface area (Å²) in [4.78, 5) is 0. The molecule has 2 rings (SSSR count). The molecule has 2 aromatic rings. The molecule has 7 heteroatoms. The summed E-state index contributed by atoms with van der Waals surface area (Å²) in [5.74, 6) is 0. The normalized spacial score (nSPS) is 11.7. The minimum Gasteiger partial charge on any atom is -0.200 e. The van der Waals surface area contributed by atoms with Gasteiger partial charge < -0.3 is 0 Å². The van der Waals surface area contributed by atoms with Crippen LogP contribution >= 0.6 is 0 Å². The van der Waals surface area contributed by atoms with Crippen LogP contribution in [0.4, 0.5) is 13.2 Å². The highest BCUT2D eigenvalue weighted by Gasteiger charge is 2.33. The second-order valence-electron chi connectivity index (χ2n) is 2.77. The first-order chi connectivity index (χ1) is 7.09. The summed E-state index contributed by atoms with van der Waals surface area (Å²) in [7, 11) is 0. The van der Waals surface area contributed by atoms with Gasteiger partial charge in [-0.05, 0) is 22.6 Å². The van der Waals surface area contributed by atoms with Crippen LogP contribution in [0.25, 0.3) is 5.69 Å². The molecule has 0 N–H and O–H groups in total. The largest absolute Gasteiger partial charge is 0.418 e. The number of para-hydroxylation sites is 1. The average molecular weight is 214 g/mol. The minimum atomic E-state index is -4.41. The number of hydrogen-bond donors (Lipinski definition) is 0. The Morgan fingerprint density at radius 2 is 1.87 bits per heavy atom. The Hall–Kier alpha value is -1.92. The van der Waals surface area contributed by atoms with E-state index in [9.17, 15) is 13.2 Å². The fourth-order valence-corrected chi connectivity index (χ4v) is 1.18. The highest BCUT2D eigenvalue weighted by molar-refractivity contribution is 5.41. The van der Waals surface area contributed by atoms with Crippen molar-refractivity contribution in [3.8, 4) is 5.69 Å². The fourth-order valence-electron chi connectivity index (χ4n) is 1.18. The van der Waals surface area contributed by atoms with Gasteiger partial charge in [-0.1, -0.05) is 12.1 Å². The number of hydrogen-bond acceptors (Lipinski definition) is 3. The van der Waals surface area contributed by atoms with Crippen molar-refractivity contribution in [2.24, 2.45) is 0 Å². The van der Waals surface area contributed by atoms with Crippen molar-refractivity contribution in [2.45, 2.75) is 6.18 Å². The zero-order valence-corrected chi connectivity index (χ0v) is 7.31. The molecule has 0 aliphatic rings. The molecule has 0 aliphatic heterocycles.